The Morgan fingerprint density at radius 1 is 1.13 bits per heavy atom. The topological polar surface area (TPSA) is 76.5 Å². The molecule has 0 amide bonds. The number of nitrogens with zero attached hydrogens (tertiary/aromatic N) is 2. The van der Waals surface area contributed by atoms with Gasteiger partial charge < -0.3 is 19.9 Å². The molecule has 2 heterocycles. The van der Waals surface area contributed by atoms with Crippen molar-refractivity contribution >= 4 is 16.6 Å². The number of rotatable bonds is 4. The maximum absolute atomic E-state index is 12.9. The number of ether oxygens (including phenoxy) is 2. The van der Waals surface area contributed by atoms with Gasteiger partial charge in [-0.15, -0.1) is 10.2 Å². The van der Waals surface area contributed by atoms with E-state index in [1.54, 1.807) is 12.1 Å². The first-order valence-electron chi connectivity index (χ1n) is 9.36. The molecule has 1 aliphatic heterocycles. The van der Waals surface area contributed by atoms with Crippen LogP contribution in [0.3, 0.4) is 0 Å². The smallest absolute Gasteiger partial charge is 0.416 e. The minimum Gasteiger partial charge on any atom is -0.507 e. The van der Waals surface area contributed by atoms with Gasteiger partial charge in [-0.05, 0) is 32.0 Å². The number of aromatic nitrogens is 2. The molecular formula is C21H20F3N3O3. The van der Waals surface area contributed by atoms with Crippen molar-refractivity contribution in [3.8, 4) is 17.0 Å². The minimum atomic E-state index is -4.54. The van der Waals surface area contributed by atoms with E-state index in [0.29, 0.717) is 36.1 Å². The lowest BCUT2D eigenvalue weighted by Gasteiger charge is -2.18. The number of benzene rings is 2. The number of hydrogen-bond acceptors (Lipinski definition) is 6. The molecule has 0 bridgehead atoms. The van der Waals surface area contributed by atoms with Crippen LogP contribution in [0, 0.1) is 0 Å². The van der Waals surface area contributed by atoms with Crippen LogP contribution in [0.5, 0.6) is 5.75 Å². The van der Waals surface area contributed by atoms with Crippen molar-refractivity contribution in [2.75, 3.05) is 18.5 Å². The molecule has 0 radical (unpaired) electrons. The van der Waals surface area contributed by atoms with Gasteiger partial charge in [0, 0.05) is 22.9 Å². The molecule has 1 aliphatic rings. The summed E-state index contributed by atoms with van der Waals surface area (Å²) in [5.41, 5.74) is -0.461. The lowest BCUT2D eigenvalue weighted by atomic mass is 10.0. The van der Waals surface area contributed by atoms with Gasteiger partial charge >= 0.3 is 6.18 Å². The fourth-order valence-corrected chi connectivity index (χ4v) is 3.42. The molecule has 6 nitrogen and oxygen atoms in total. The van der Waals surface area contributed by atoms with E-state index in [-0.39, 0.29) is 11.7 Å². The van der Waals surface area contributed by atoms with E-state index >= 15 is 0 Å². The van der Waals surface area contributed by atoms with Crippen LogP contribution in [-0.2, 0) is 15.7 Å². The molecule has 0 spiro atoms. The lowest BCUT2D eigenvalue weighted by Crippen LogP contribution is -2.26. The number of aromatic hydroxyl groups is 1. The van der Waals surface area contributed by atoms with Crippen LogP contribution in [-0.4, -0.2) is 40.3 Å². The molecular weight excluding hydrogens is 399 g/mol. The van der Waals surface area contributed by atoms with Gasteiger partial charge in [0.2, 0.25) is 0 Å². The first kappa shape index (κ1) is 20.4. The zero-order valence-corrected chi connectivity index (χ0v) is 16.3. The summed E-state index contributed by atoms with van der Waals surface area (Å²) in [6.45, 7) is 4.58. The predicted molar refractivity (Wildman–Crippen MR) is 105 cm³/mol. The van der Waals surface area contributed by atoms with Crippen LogP contribution in [0.25, 0.3) is 22.0 Å². The summed E-state index contributed by atoms with van der Waals surface area (Å²) in [5, 5.41) is 23.2. The summed E-state index contributed by atoms with van der Waals surface area (Å²) in [7, 11) is 0. The molecule has 0 saturated carbocycles. The Labute approximate surface area is 170 Å². The van der Waals surface area contributed by atoms with E-state index < -0.39 is 23.3 Å². The van der Waals surface area contributed by atoms with Gasteiger partial charge in [0.15, 0.2) is 11.6 Å². The summed E-state index contributed by atoms with van der Waals surface area (Å²) in [6, 6.07) is 10.0. The molecule has 4 rings (SSSR count). The zero-order chi connectivity index (χ0) is 21.5. The van der Waals surface area contributed by atoms with E-state index in [2.05, 4.69) is 15.5 Å². The van der Waals surface area contributed by atoms with Crippen molar-refractivity contribution in [1.29, 1.82) is 0 Å². The van der Waals surface area contributed by atoms with Crippen molar-refractivity contribution in [2.45, 2.75) is 31.9 Å². The Morgan fingerprint density at radius 3 is 2.50 bits per heavy atom. The van der Waals surface area contributed by atoms with Crippen LogP contribution in [0.15, 0.2) is 42.5 Å². The fourth-order valence-electron chi connectivity index (χ4n) is 3.42. The maximum atomic E-state index is 12.9. The molecule has 158 valence electrons. The van der Waals surface area contributed by atoms with Gasteiger partial charge in [-0.3, -0.25) is 0 Å². The molecule has 1 saturated heterocycles. The third-order valence-electron chi connectivity index (χ3n) is 4.83. The fraction of sp³-hybridized carbons (Fsp3) is 0.333. The predicted octanol–water partition coefficient (Wildman–Crippen LogP) is 4.58. The molecule has 1 atom stereocenters. The Balaban J connectivity index is 1.66. The summed E-state index contributed by atoms with van der Waals surface area (Å²) in [4.78, 5) is 0. The highest BCUT2D eigenvalue weighted by Gasteiger charge is 2.33. The highest BCUT2D eigenvalue weighted by atomic mass is 19.4. The first-order valence-corrected chi connectivity index (χ1v) is 9.36. The number of anilines is 1. The first-order chi connectivity index (χ1) is 14.1. The van der Waals surface area contributed by atoms with E-state index in [0.717, 1.165) is 11.5 Å². The van der Waals surface area contributed by atoms with Gasteiger partial charge in [0.05, 0.1) is 12.2 Å². The van der Waals surface area contributed by atoms with Crippen LogP contribution in [0.2, 0.25) is 0 Å². The van der Waals surface area contributed by atoms with E-state index in [9.17, 15) is 18.3 Å². The molecule has 30 heavy (non-hydrogen) atoms. The van der Waals surface area contributed by atoms with E-state index in [1.807, 2.05) is 26.0 Å². The van der Waals surface area contributed by atoms with Gasteiger partial charge in [-0.2, -0.15) is 13.2 Å². The van der Waals surface area contributed by atoms with Gasteiger partial charge in [0.25, 0.3) is 0 Å². The normalized spacial score (nSPS) is 18.6. The highest BCUT2D eigenvalue weighted by molar-refractivity contribution is 6.00. The summed E-state index contributed by atoms with van der Waals surface area (Å²) < 4.78 is 50.0. The number of phenols is 1. The van der Waals surface area contributed by atoms with Crippen molar-refractivity contribution in [1.82, 2.24) is 10.2 Å². The summed E-state index contributed by atoms with van der Waals surface area (Å²) in [6.07, 6.45) is -4.70. The number of halogens is 3. The quantitative estimate of drug-likeness (QED) is 0.645. The van der Waals surface area contributed by atoms with E-state index in [4.69, 9.17) is 9.47 Å². The maximum Gasteiger partial charge on any atom is 0.416 e. The highest BCUT2D eigenvalue weighted by Crippen LogP contribution is 2.38. The molecule has 0 unspecified atom stereocenters. The molecule has 3 aromatic rings. The third kappa shape index (κ3) is 4.03. The van der Waals surface area contributed by atoms with Crippen LogP contribution >= 0.6 is 0 Å². The monoisotopic (exact) mass is 419 g/mol. The molecule has 9 heteroatoms. The van der Waals surface area contributed by atoms with Gasteiger partial charge in [-0.25, -0.2) is 0 Å². The lowest BCUT2D eigenvalue weighted by molar-refractivity contribution is -0.138. The van der Waals surface area contributed by atoms with Crippen molar-refractivity contribution in [3.63, 3.8) is 0 Å². The molecule has 2 N–H and O–H groups in total. The number of alkyl halides is 3. The second-order valence-corrected chi connectivity index (χ2v) is 7.50. The van der Waals surface area contributed by atoms with Gasteiger partial charge in [0.1, 0.15) is 17.5 Å². The van der Waals surface area contributed by atoms with Crippen LogP contribution in [0.1, 0.15) is 19.4 Å². The van der Waals surface area contributed by atoms with Crippen molar-refractivity contribution < 1.29 is 27.8 Å². The van der Waals surface area contributed by atoms with Crippen molar-refractivity contribution in [2.24, 2.45) is 0 Å². The van der Waals surface area contributed by atoms with Crippen LogP contribution in [0.4, 0.5) is 19.0 Å². The third-order valence-corrected chi connectivity index (χ3v) is 4.83. The van der Waals surface area contributed by atoms with Crippen LogP contribution < -0.4 is 5.32 Å². The van der Waals surface area contributed by atoms with Gasteiger partial charge in [-0.1, -0.05) is 24.3 Å². The molecule has 2 aromatic carbocycles. The van der Waals surface area contributed by atoms with E-state index in [1.165, 1.54) is 6.07 Å². The molecule has 0 aliphatic carbocycles. The van der Waals surface area contributed by atoms with Crippen molar-refractivity contribution in [3.05, 3.63) is 48.0 Å². The largest absolute Gasteiger partial charge is 0.507 e. The molecule has 1 aromatic heterocycles. The number of nitrogens with one attached hydrogen (secondary N) is 1. The Hall–Kier alpha value is -2.91. The average molecular weight is 419 g/mol. The standard InChI is InChI=1S/C21H20F3N3O3/c1-20(2)29-11-13(30-20)10-25-19-15-6-4-3-5-14(15)18(26-27-19)16-8-7-12(9-17(16)28)21(22,23)24/h3-9,13,28H,10-11H2,1-2H3,(H,25,27)/t13-/m0/s1. The average Bonchev–Trinajstić information content (AvgIpc) is 3.04. The molecule has 1 fully saturated rings. The summed E-state index contributed by atoms with van der Waals surface area (Å²) >= 11 is 0. The number of fused-ring (bicyclic) bond motifs is 1. The zero-order valence-electron chi connectivity index (χ0n) is 16.3. The number of phenolic OH excluding ortho intramolecular Hbond substituents is 1. The minimum absolute atomic E-state index is 0.154. The number of hydrogen-bond donors (Lipinski definition) is 2. The Bertz CT molecular complexity index is 1090. The Morgan fingerprint density at radius 2 is 1.87 bits per heavy atom. The second-order valence-electron chi connectivity index (χ2n) is 7.50. The SMILES string of the molecule is CC1(C)OC[C@H](CNc2nnc(-c3ccc(C(F)(F)F)cc3O)c3ccccc23)O1. The Kier molecular flexibility index (Phi) is 5.03. The second kappa shape index (κ2) is 7.41. The summed E-state index contributed by atoms with van der Waals surface area (Å²) in [5.74, 6) is -0.637.